The van der Waals surface area contributed by atoms with E-state index in [0.29, 0.717) is 13.1 Å². The van der Waals surface area contributed by atoms with Crippen molar-refractivity contribution in [1.29, 1.82) is 0 Å². The highest BCUT2D eigenvalue weighted by molar-refractivity contribution is 5.86. The Bertz CT molecular complexity index is 955. The summed E-state index contributed by atoms with van der Waals surface area (Å²) in [4.78, 5) is 3.99. The van der Waals surface area contributed by atoms with Crippen LogP contribution in [0.5, 0.6) is 0 Å². The van der Waals surface area contributed by atoms with Crippen LogP contribution in [0.4, 0.5) is 5.69 Å². The smallest absolute Gasteiger partial charge is 0.185 e. The second-order valence-corrected chi connectivity index (χ2v) is 7.05. The van der Waals surface area contributed by atoms with Gasteiger partial charge in [-0.2, -0.15) is 0 Å². The van der Waals surface area contributed by atoms with E-state index in [2.05, 4.69) is 90.1 Å². The van der Waals surface area contributed by atoms with Crippen LogP contribution in [-0.4, -0.2) is 19.0 Å². The molecule has 5 nitrogen and oxygen atoms in total. The third-order valence-corrected chi connectivity index (χ3v) is 4.97. The van der Waals surface area contributed by atoms with Crippen LogP contribution < -0.4 is 22.1 Å². The topological polar surface area (TPSA) is 88.5 Å². The lowest BCUT2D eigenvalue weighted by molar-refractivity contribution is 0.577. The molecule has 146 valence electrons. The van der Waals surface area contributed by atoms with E-state index < -0.39 is 0 Å². The highest BCUT2D eigenvalue weighted by Crippen LogP contribution is 2.25. The van der Waals surface area contributed by atoms with Crippen LogP contribution in [0.15, 0.2) is 65.7 Å². The molecule has 0 saturated heterocycles. The first-order valence-corrected chi connectivity index (χ1v) is 9.64. The average Bonchev–Trinajstić information content (AvgIpc) is 2.70. The number of hydrogen-bond acceptors (Lipinski definition) is 3. The maximum atomic E-state index is 5.36. The number of nitrogens with zero attached hydrogens (tertiary/aromatic N) is 1. The number of aliphatic imine (C=N–C) groups is 1. The molecule has 0 unspecified atom stereocenters. The zero-order valence-electron chi connectivity index (χ0n) is 16.6. The molecule has 0 heterocycles. The monoisotopic (exact) mass is 375 g/mol. The standard InChI is InChI=1S/C23H29N5/c1-16-10-11-20(26-12-13-27-23(24)25)14-19(16)15-28-17(2)21-9-5-7-18-6-3-4-8-22(18)21/h3-11,14,17,26,28H,12-13,15H2,1-2H3,(H4,24,25,27)/t17-/m1/s1. The molecular formula is C23H29N5. The number of aryl methyl sites for hydroxylation is 1. The van der Waals surface area contributed by atoms with Gasteiger partial charge < -0.3 is 22.1 Å². The third-order valence-electron chi connectivity index (χ3n) is 4.97. The van der Waals surface area contributed by atoms with Gasteiger partial charge in [-0.05, 0) is 53.4 Å². The van der Waals surface area contributed by atoms with Gasteiger partial charge in [-0.15, -0.1) is 0 Å². The lowest BCUT2D eigenvalue weighted by atomic mass is 9.99. The minimum Gasteiger partial charge on any atom is -0.383 e. The van der Waals surface area contributed by atoms with Crippen molar-refractivity contribution in [2.75, 3.05) is 18.4 Å². The van der Waals surface area contributed by atoms with Crippen LogP contribution in [0.1, 0.15) is 29.7 Å². The number of rotatable bonds is 8. The Labute approximate surface area is 166 Å². The third kappa shape index (κ3) is 5.02. The molecule has 5 heteroatoms. The highest BCUT2D eigenvalue weighted by atomic mass is 15.0. The summed E-state index contributed by atoms with van der Waals surface area (Å²) >= 11 is 0. The van der Waals surface area contributed by atoms with E-state index >= 15 is 0 Å². The Morgan fingerprint density at radius 1 is 1.04 bits per heavy atom. The maximum absolute atomic E-state index is 5.36. The summed E-state index contributed by atoms with van der Waals surface area (Å²) in [5, 5.41) is 9.62. The highest BCUT2D eigenvalue weighted by Gasteiger charge is 2.09. The van der Waals surface area contributed by atoms with Crippen molar-refractivity contribution in [2.45, 2.75) is 26.4 Å². The summed E-state index contributed by atoms with van der Waals surface area (Å²) in [6.45, 7) is 6.42. The van der Waals surface area contributed by atoms with Gasteiger partial charge in [0.2, 0.25) is 0 Å². The molecule has 3 rings (SSSR count). The Morgan fingerprint density at radius 2 is 1.82 bits per heavy atom. The van der Waals surface area contributed by atoms with Gasteiger partial charge in [0.1, 0.15) is 0 Å². The number of benzene rings is 3. The molecule has 3 aromatic carbocycles. The van der Waals surface area contributed by atoms with Gasteiger partial charge in [0, 0.05) is 24.8 Å². The molecule has 0 aliphatic rings. The molecule has 0 saturated carbocycles. The second-order valence-electron chi connectivity index (χ2n) is 7.05. The second kappa shape index (κ2) is 9.24. The van der Waals surface area contributed by atoms with Gasteiger partial charge in [0.15, 0.2) is 5.96 Å². The molecule has 0 amide bonds. The largest absolute Gasteiger partial charge is 0.383 e. The summed E-state index contributed by atoms with van der Waals surface area (Å²) in [5.41, 5.74) is 15.7. The van der Waals surface area contributed by atoms with E-state index in [1.807, 2.05) is 0 Å². The molecule has 0 bridgehead atoms. The van der Waals surface area contributed by atoms with Crippen LogP contribution in [-0.2, 0) is 6.54 Å². The number of guanidine groups is 1. The molecule has 0 radical (unpaired) electrons. The Morgan fingerprint density at radius 3 is 2.64 bits per heavy atom. The summed E-state index contributed by atoms with van der Waals surface area (Å²) in [6.07, 6.45) is 0. The minimum atomic E-state index is 0.123. The van der Waals surface area contributed by atoms with Crippen molar-refractivity contribution in [2.24, 2.45) is 16.5 Å². The van der Waals surface area contributed by atoms with Crippen LogP contribution in [0.25, 0.3) is 10.8 Å². The number of nitrogens with two attached hydrogens (primary N) is 2. The lowest BCUT2D eigenvalue weighted by Crippen LogP contribution is -2.24. The van der Waals surface area contributed by atoms with Gasteiger partial charge in [-0.3, -0.25) is 4.99 Å². The number of nitrogens with one attached hydrogen (secondary N) is 2. The van der Waals surface area contributed by atoms with E-state index in [-0.39, 0.29) is 12.0 Å². The molecule has 6 N–H and O–H groups in total. The summed E-state index contributed by atoms with van der Waals surface area (Å²) in [5.74, 6) is 0.123. The predicted octanol–water partition coefficient (Wildman–Crippen LogP) is 3.68. The van der Waals surface area contributed by atoms with Crippen LogP contribution >= 0.6 is 0 Å². The van der Waals surface area contributed by atoms with Crippen LogP contribution in [0, 0.1) is 6.92 Å². The quantitative estimate of drug-likeness (QED) is 0.275. The minimum absolute atomic E-state index is 0.123. The zero-order valence-corrected chi connectivity index (χ0v) is 16.6. The SMILES string of the molecule is Cc1ccc(NCCN=C(N)N)cc1CN[C@H](C)c1cccc2ccccc12. The van der Waals surface area contributed by atoms with Gasteiger partial charge in [-0.1, -0.05) is 48.5 Å². The van der Waals surface area contributed by atoms with Gasteiger partial charge >= 0.3 is 0 Å². The zero-order chi connectivity index (χ0) is 19.9. The Hall–Kier alpha value is -3.05. The summed E-state index contributed by atoms with van der Waals surface area (Å²) < 4.78 is 0. The van der Waals surface area contributed by atoms with Crippen molar-refractivity contribution in [1.82, 2.24) is 5.32 Å². The Kier molecular flexibility index (Phi) is 6.50. The normalized spacial score (nSPS) is 11.9. The van der Waals surface area contributed by atoms with Crippen molar-refractivity contribution < 1.29 is 0 Å². The summed E-state index contributed by atoms with van der Waals surface area (Å²) in [6, 6.07) is 21.7. The lowest BCUT2D eigenvalue weighted by Gasteiger charge is -2.18. The fourth-order valence-electron chi connectivity index (χ4n) is 3.36. The molecule has 0 aliphatic carbocycles. The fourth-order valence-corrected chi connectivity index (χ4v) is 3.36. The van der Waals surface area contributed by atoms with E-state index in [1.54, 1.807) is 0 Å². The average molecular weight is 376 g/mol. The van der Waals surface area contributed by atoms with Crippen molar-refractivity contribution in [3.8, 4) is 0 Å². The molecule has 0 aromatic heterocycles. The molecule has 3 aromatic rings. The van der Waals surface area contributed by atoms with E-state index in [0.717, 1.165) is 12.2 Å². The van der Waals surface area contributed by atoms with Gasteiger partial charge in [0.05, 0.1) is 6.54 Å². The first-order valence-electron chi connectivity index (χ1n) is 9.64. The Balaban J connectivity index is 1.66. The summed E-state index contributed by atoms with van der Waals surface area (Å²) in [7, 11) is 0. The van der Waals surface area contributed by atoms with Crippen LogP contribution in [0.2, 0.25) is 0 Å². The molecule has 0 aliphatic heterocycles. The number of hydrogen-bond donors (Lipinski definition) is 4. The predicted molar refractivity (Wildman–Crippen MR) is 120 cm³/mol. The van der Waals surface area contributed by atoms with E-state index in [1.165, 1.54) is 27.5 Å². The number of anilines is 1. The molecular weight excluding hydrogens is 346 g/mol. The first kappa shape index (κ1) is 19.7. The van der Waals surface area contributed by atoms with Crippen molar-refractivity contribution in [3.63, 3.8) is 0 Å². The number of fused-ring (bicyclic) bond motifs is 1. The maximum Gasteiger partial charge on any atom is 0.185 e. The molecule has 28 heavy (non-hydrogen) atoms. The van der Waals surface area contributed by atoms with E-state index in [4.69, 9.17) is 11.5 Å². The van der Waals surface area contributed by atoms with E-state index in [9.17, 15) is 0 Å². The molecule has 0 fully saturated rings. The van der Waals surface area contributed by atoms with Crippen LogP contribution in [0.3, 0.4) is 0 Å². The molecule has 0 spiro atoms. The fraction of sp³-hybridized carbons (Fsp3) is 0.261. The van der Waals surface area contributed by atoms with Crippen molar-refractivity contribution >= 4 is 22.4 Å². The molecule has 1 atom stereocenters. The van der Waals surface area contributed by atoms with Gasteiger partial charge in [-0.25, -0.2) is 0 Å². The first-order chi connectivity index (χ1) is 13.5. The van der Waals surface area contributed by atoms with Crippen molar-refractivity contribution in [3.05, 3.63) is 77.4 Å². The van der Waals surface area contributed by atoms with Gasteiger partial charge in [0.25, 0.3) is 0 Å².